The molecule has 0 aromatic rings. The number of carboxylic acids is 1. The molecule has 2 aliphatic rings. The van der Waals surface area contributed by atoms with E-state index in [0.29, 0.717) is 13.0 Å². The predicted octanol–water partition coefficient (Wildman–Crippen LogP) is 1.20. The molecule has 16 heavy (non-hydrogen) atoms. The standard InChI is InChI=1S/C11H17NO3S/c1-7-8(11(14)15)4-5-12(7)10(13)9-3-2-6-16-9/h7-9H,2-6H2,1H3,(H,14,15). The first-order valence-corrected chi connectivity index (χ1v) is 6.81. The van der Waals surface area contributed by atoms with Gasteiger partial charge in [0.25, 0.3) is 0 Å². The lowest BCUT2D eigenvalue weighted by molar-refractivity contribution is -0.143. The number of hydrogen-bond donors (Lipinski definition) is 1. The van der Waals surface area contributed by atoms with Crippen LogP contribution in [0, 0.1) is 5.92 Å². The molecule has 3 unspecified atom stereocenters. The smallest absolute Gasteiger partial charge is 0.308 e. The molecule has 1 N–H and O–H groups in total. The molecule has 4 nitrogen and oxygen atoms in total. The van der Waals surface area contributed by atoms with Crippen LogP contribution in [0.3, 0.4) is 0 Å². The van der Waals surface area contributed by atoms with Gasteiger partial charge >= 0.3 is 5.97 Å². The lowest BCUT2D eigenvalue weighted by Crippen LogP contribution is -2.41. The van der Waals surface area contributed by atoms with Crippen molar-refractivity contribution in [1.82, 2.24) is 4.90 Å². The summed E-state index contributed by atoms with van der Waals surface area (Å²) in [6.45, 7) is 2.46. The zero-order chi connectivity index (χ0) is 11.7. The molecule has 0 aromatic carbocycles. The zero-order valence-corrected chi connectivity index (χ0v) is 10.2. The Bertz CT molecular complexity index is 302. The average Bonchev–Trinajstić information content (AvgIpc) is 2.84. The molecule has 2 saturated heterocycles. The molecule has 2 rings (SSSR count). The summed E-state index contributed by atoms with van der Waals surface area (Å²) in [6.07, 6.45) is 2.65. The first kappa shape index (κ1) is 11.8. The maximum absolute atomic E-state index is 12.1. The van der Waals surface area contributed by atoms with Crippen LogP contribution in [0.5, 0.6) is 0 Å². The summed E-state index contributed by atoms with van der Waals surface area (Å²) < 4.78 is 0. The number of rotatable bonds is 2. The monoisotopic (exact) mass is 243 g/mol. The number of carbonyl (C=O) groups is 2. The number of carboxylic acid groups (broad SMARTS) is 1. The van der Waals surface area contributed by atoms with E-state index < -0.39 is 5.97 Å². The molecular formula is C11H17NO3S. The molecule has 0 spiro atoms. The first-order chi connectivity index (χ1) is 7.61. The van der Waals surface area contributed by atoms with Gasteiger partial charge in [-0.15, -0.1) is 11.8 Å². The Morgan fingerprint density at radius 2 is 2.12 bits per heavy atom. The second-order valence-electron chi connectivity index (χ2n) is 4.51. The fraction of sp³-hybridized carbons (Fsp3) is 0.818. The highest BCUT2D eigenvalue weighted by Gasteiger charge is 2.40. The van der Waals surface area contributed by atoms with E-state index >= 15 is 0 Å². The van der Waals surface area contributed by atoms with Crippen LogP contribution >= 0.6 is 11.8 Å². The van der Waals surface area contributed by atoms with Crippen molar-refractivity contribution in [2.45, 2.75) is 37.5 Å². The number of nitrogens with zero attached hydrogens (tertiary/aromatic N) is 1. The number of thioether (sulfide) groups is 1. The van der Waals surface area contributed by atoms with Gasteiger partial charge in [-0.3, -0.25) is 9.59 Å². The van der Waals surface area contributed by atoms with Crippen LogP contribution in [0.15, 0.2) is 0 Å². The van der Waals surface area contributed by atoms with Crippen LogP contribution in [-0.4, -0.2) is 45.5 Å². The molecule has 1 amide bonds. The van der Waals surface area contributed by atoms with Crippen molar-refractivity contribution in [1.29, 1.82) is 0 Å². The predicted molar refractivity (Wildman–Crippen MR) is 62.4 cm³/mol. The van der Waals surface area contributed by atoms with Gasteiger partial charge in [-0.25, -0.2) is 0 Å². The number of aliphatic carboxylic acids is 1. The van der Waals surface area contributed by atoms with E-state index in [0.717, 1.165) is 18.6 Å². The molecule has 90 valence electrons. The fourth-order valence-electron chi connectivity index (χ4n) is 2.54. The van der Waals surface area contributed by atoms with Gasteiger partial charge in [-0.1, -0.05) is 0 Å². The van der Waals surface area contributed by atoms with E-state index in [4.69, 9.17) is 5.11 Å². The van der Waals surface area contributed by atoms with E-state index in [-0.39, 0.29) is 23.1 Å². The maximum atomic E-state index is 12.1. The van der Waals surface area contributed by atoms with Gasteiger partial charge in [0.1, 0.15) is 0 Å². The average molecular weight is 243 g/mol. The van der Waals surface area contributed by atoms with Gasteiger partial charge in [0.15, 0.2) is 0 Å². The van der Waals surface area contributed by atoms with Crippen molar-refractivity contribution >= 4 is 23.6 Å². The Hall–Kier alpha value is -0.710. The van der Waals surface area contributed by atoms with E-state index in [9.17, 15) is 9.59 Å². The third kappa shape index (κ3) is 2.05. The van der Waals surface area contributed by atoms with Gasteiger partial charge in [-0.2, -0.15) is 0 Å². The van der Waals surface area contributed by atoms with E-state index in [2.05, 4.69) is 0 Å². The summed E-state index contributed by atoms with van der Waals surface area (Å²) in [5.74, 6) is 0.0528. The largest absolute Gasteiger partial charge is 0.481 e. The molecule has 3 atom stereocenters. The molecule has 5 heteroatoms. The third-order valence-corrected chi connectivity index (χ3v) is 4.92. The van der Waals surface area contributed by atoms with Gasteiger partial charge in [0.2, 0.25) is 5.91 Å². The normalized spacial score (nSPS) is 34.3. The molecule has 2 heterocycles. The fourth-order valence-corrected chi connectivity index (χ4v) is 3.77. The van der Waals surface area contributed by atoms with Crippen LogP contribution in [-0.2, 0) is 9.59 Å². The highest BCUT2D eigenvalue weighted by Crippen LogP contribution is 2.32. The van der Waals surface area contributed by atoms with Crippen molar-refractivity contribution in [3.63, 3.8) is 0 Å². The SMILES string of the molecule is CC1C(C(=O)O)CCN1C(=O)C1CCCS1. The maximum Gasteiger partial charge on any atom is 0.308 e. The lowest BCUT2D eigenvalue weighted by atomic mass is 10.0. The van der Waals surface area contributed by atoms with Crippen molar-refractivity contribution < 1.29 is 14.7 Å². The molecule has 0 aromatic heterocycles. The highest BCUT2D eigenvalue weighted by molar-refractivity contribution is 8.00. The van der Waals surface area contributed by atoms with E-state index in [1.165, 1.54) is 0 Å². The number of amides is 1. The van der Waals surface area contributed by atoms with Crippen molar-refractivity contribution in [2.75, 3.05) is 12.3 Å². The summed E-state index contributed by atoms with van der Waals surface area (Å²) in [5, 5.41) is 9.08. The molecule has 0 radical (unpaired) electrons. The summed E-state index contributed by atoms with van der Waals surface area (Å²) in [7, 11) is 0. The Morgan fingerprint density at radius 1 is 1.38 bits per heavy atom. The van der Waals surface area contributed by atoms with Gasteiger partial charge in [0.05, 0.1) is 11.2 Å². The summed E-state index contributed by atoms with van der Waals surface area (Å²) in [5.41, 5.74) is 0. The van der Waals surface area contributed by atoms with Crippen LogP contribution < -0.4 is 0 Å². The minimum atomic E-state index is -0.776. The van der Waals surface area contributed by atoms with Crippen molar-refractivity contribution in [3.8, 4) is 0 Å². The summed E-state index contributed by atoms with van der Waals surface area (Å²) in [6, 6.07) is -0.147. The summed E-state index contributed by atoms with van der Waals surface area (Å²) in [4.78, 5) is 24.9. The molecule has 2 fully saturated rings. The van der Waals surface area contributed by atoms with Gasteiger partial charge < -0.3 is 10.0 Å². The minimum absolute atomic E-state index is 0.0787. The Kier molecular flexibility index (Phi) is 3.42. The number of carbonyl (C=O) groups excluding carboxylic acids is 1. The van der Waals surface area contributed by atoms with Gasteiger partial charge in [-0.05, 0) is 31.9 Å². The molecule has 2 aliphatic heterocycles. The first-order valence-electron chi connectivity index (χ1n) is 5.76. The molecular weight excluding hydrogens is 226 g/mol. The van der Waals surface area contributed by atoms with Crippen LogP contribution in [0.2, 0.25) is 0 Å². The van der Waals surface area contributed by atoms with Crippen LogP contribution in [0.1, 0.15) is 26.2 Å². The Morgan fingerprint density at radius 3 is 2.62 bits per heavy atom. The number of hydrogen-bond acceptors (Lipinski definition) is 3. The van der Waals surface area contributed by atoms with E-state index in [1.807, 2.05) is 6.92 Å². The number of likely N-dealkylation sites (tertiary alicyclic amines) is 1. The van der Waals surface area contributed by atoms with Crippen molar-refractivity contribution in [2.24, 2.45) is 5.92 Å². The topological polar surface area (TPSA) is 57.6 Å². The van der Waals surface area contributed by atoms with Crippen molar-refractivity contribution in [3.05, 3.63) is 0 Å². The molecule has 0 saturated carbocycles. The van der Waals surface area contributed by atoms with Crippen LogP contribution in [0.4, 0.5) is 0 Å². The van der Waals surface area contributed by atoms with E-state index in [1.54, 1.807) is 16.7 Å². The lowest BCUT2D eigenvalue weighted by Gasteiger charge is -2.25. The van der Waals surface area contributed by atoms with Crippen LogP contribution in [0.25, 0.3) is 0 Å². The molecule has 0 bridgehead atoms. The quantitative estimate of drug-likeness (QED) is 0.792. The summed E-state index contributed by atoms with van der Waals surface area (Å²) >= 11 is 1.71. The second-order valence-corrected chi connectivity index (χ2v) is 5.82. The molecule has 0 aliphatic carbocycles. The second kappa shape index (κ2) is 4.65. The third-order valence-electron chi connectivity index (χ3n) is 3.56. The zero-order valence-electron chi connectivity index (χ0n) is 9.39. The van der Waals surface area contributed by atoms with Gasteiger partial charge in [0, 0.05) is 12.6 Å². The minimum Gasteiger partial charge on any atom is -0.481 e. The Labute approximate surface area is 99.4 Å². The highest BCUT2D eigenvalue weighted by atomic mass is 32.2. The Balaban J connectivity index is 2.00.